The Labute approximate surface area is 205 Å². The Morgan fingerprint density at radius 3 is 2.31 bits per heavy atom. The van der Waals surface area contributed by atoms with Gasteiger partial charge in [-0.15, -0.1) is 0 Å². The van der Waals surface area contributed by atoms with Crippen LogP contribution in [0.2, 0.25) is 0 Å². The zero-order valence-electron chi connectivity index (χ0n) is 21.3. The van der Waals surface area contributed by atoms with Crippen molar-refractivity contribution in [1.29, 1.82) is 0 Å². The molecule has 1 aliphatic heterocycles. The maximum Gasteiger partial charge on any atom is 0.308 e. The monoisotopic (exact) mass is 483 g/mol. The molecule has 1 heterocycles. The van der Waals surface area contributed by atoms with E-state index in [9.17, 15) is 24.8 Å². The molecule has 8 heteroatoms. The number of aliphatic hydroxyl groups is 1. The van der Waals surface area contributed by atoms with Crippen molar-refractivity contribution in [2.24, 2.45) is 5.41 Å². The van der Waals surface area contributed by atoms with Gasteiger partial charge in [0.25, 0.3) is 5.69 Å². The fourth-order valence-electron chi connectivity index (χ4n) is 5.04. The highest BCUT2D eigenvalue weighted by Crippen LogP contribution is 2.47. The number of rotatable bonds is 6. The minimum Gasteiger partial charge on any atom is -0.483 e. The second-order valence-electron chi connectivity index (χ2n) is 11.3. The Morgan fingerprint density at radius 2 is 1.80 bits per heavy atom. The first kappa shape index (κ1) is 26.3. The third-order valence-electron chi connectivity index (χ3n) is 6.19. The predicted octanol–water partition coefficient (Wildman–Crippen LogP) is 5.69. The van der Waals surface area contributed by atoms with Gasteiger partial charge in [-0.2, -0.15) is 0 Å². The van der Waals surface area contributed by atoms with Crippen LogP contribution in [0.15, 0.2) is 36.4 Å². The molecule has 0 aliphatic carbocycles. The first-order chi connectivity index (χ1) is 16.0. The number of nitro groups is 1. The number of non-ortho nitro benzene ring substituents is 1. The summed E-state index contributed by atoms with van der Waals surface area (Å²) in [5, 5.41) is 22.1. The van der Waals surface area contributed by atoms with Crippen LogP contribution in [-0.2, 0) is 10.2 Å². The Bertz CT molecular complexity index is 1160. The lowest BCUT2D eigenvalue weighted by Gasteiger charge is -2.40. The predicted molar refractivity (Wildman–Crippen MR) is 131 cm³/mol. The molecule has 0 spiro atoms. The van der Waals surface area contributed by atoms with Gasteiger partial charge >= 0.3 is 5.97 Å². The van der Waals surface area contributed by atoms with Crippen molar-refractivity contribution in [2.45, 2.75) is 78.4 Å². The van der Waals surface area contributed by atoms with E-state index in [1.165, 1.54) is 31.2 Å². The van der Waals surface area contributed by atoms with Crippen LogP contribution in [0.1, 0.15) is 88.9 Å². The Kier molecular flexibility index (Phi) is 6.83. The normalized spacial score (nSPS) is 18.9. The van der Waals surface area contributed by atoms with E-state index in [1.807, 2.05) is 13.8 Å². The molecule has 8 nitrogen and oxygen atoms in total. The second-order valence-corrected chi connectivity index (χ2v) is 11.3. The van der Waals surface area contributed by atoms with E-state index in [2.05, 4.69) is 20.8 Å². The average Bonchev–Trinajstić information content (AvgIpc) is 2.71. The van der Waals surface area contributed by atoms with Crippen molar-refractivity contribution in [3.05, 3.63) is 63.2 Å². The lowest BCUT2D eigenvalue weighted by atomic mass is 9.71. The summed E-state index contributed by atoms with van der Waals surface area (Å²) in [4.78, 5) is 35.5. The van der Waals surface area contributed by atoms with Crippen LogP contribution in [0.5, 0.6) is 11.5 Å². The molecule has 2 unspecified atom stereocenters. The molecule has 0 aromatic heterocycles. The quantitative estimate of drug-likeness (QED) is 0.243. The van der Waals surface area contributed by atoms with Crippen LogP contribution in [0, 0.1) is 15.5 Å². The van der Waals surface area contributed by atoms with Gasteiger partial charge in [0.15, 0.2) is 5.78 Å². The number of hydrogen-bond donors (Lipinski definition) is 1. The van der Waals surface area contributed by atoms with Gasteiger partial charge < -0.3 is 14.6 Å². The van der Waals surface area contributed by atoms with Crippen LogP contribution in [0.25, 0.3) is 0 Å². The summed E-state index contributed by atoms with van der Waals surface area (Å²) in [6.45, 7) is 13.4. The molecule has 1 N–H and O–H groups in total. The first-order valence-electron chi connectivity index (χ1n) is 11.5. The lowest BCUT2D eigenvalue weighted by Crippen LogP contribution is -2.44. The molecular weight excluding hydrogens is 450 g/mol. The molecule has 35 heavy (non-hydrogen) atoms. The number of carbonyl (C=O) groups excluding carboxylic acids is 2. The fraction of sp³-hybridized carbons (Fsp3) is 0.481. The van der Waals surface area contributed by atoms with E-state index in [1.54, 1.807) is 19.1 Å². The van der Waals surface area contributed by atoms with Gasteiger partial charge in [0.1, 0.15) is 23.2 Å². The molecule has 2 aromatic carbocycles. The van der Waals surface area contributed by atoms with E-state index in [-0.39, 0.29) is 28.9 Å². The Hall–Kier alpha value is -3.26. The smallest absolute Gasteiger partial charge is 0.308 e. The fourth-order valence-corrected chi connectivity index (χ4v) is 5.04. The summed E-state index contributed by atoms with van der Waals surface area (Å²) in [6.07, 6.45) is -0.564. The number of esters is 1. The highest BCUT2D eigenvalue weighted by atomic mass is 16.6. The van der Waals surface area contributed by atoms with Crippen LogP contribution in [0.3, 0.4) is 0 Å². The molecule has 3 rings (SSSR count). The Balaban J connectivity index is 2.06. The van der Waals surface area contributed by atoms with Gasteiger partial charge in [0.05, 0.1) is 16.9 Å². The molecule has 2 aromatic rings. The standard InChI is InChI=1S/C27H33NO7/c1-16(29)34-23-12-19-21(30)14-27(7,24(31)17-8-10-18(11-9-17)28(32)33)35-22(19)13-20(23)26(5,6)15-25(2,3)4/h8-13,24,31H,14-15H2,1-7H3. The van der Waals surface area contributed by atoms with Crippen molar-refractivity contribution in [3.63, 3.8) is 0 Å². The second kappa shape index (κ2) is 9.07. The van der Waals surface area contributed by atoms with Crippen molar-refractivity contribution >= 4 is 17.4 Å². The molecular formula is C27H33NO7. The van der Waals surface area contributed by atoms with E-state index in [0.29, 0.717) is 17.1 Å². The molecule has 2 atom stereocenters. The van der Waals surface area contributed by atoms with Crippen molar-refractivity contribution in [2.75, 3.05) is 0 Å². The van der Waals surface area contributed by atoms with Gasteiger partial charge in [-0.1, -0.05) is 34.6 Å². The summed E-state index contributed by atoms with van der Waals surface area (Å²) in [7, 11) is 0. The third kappa shape index (κ3) is 5.70. The summed E-state index contributed by atoms with van der Waals surface area (Å²) in [6, 6.07) is 8.81. The summed E-state index contributed by atoms with van der Waals surface area (Å²) in [5.41, 5.74) is -0.429. The lowest BCUT2D eigenvalue weighted by molar-refractivity contribution is -0.384. The van der Waals surface area contributed by atoms with Gasteiger partial charge in [-0.05, 0) is 54.0 Å². The van der Waals surface area contributed by atoms with E-state index in [4.69, 9.17) is 9.47 Å². The number of ether oxygens (including phenoxy) is 2. The first-order valence-corrected chi connectivity index (χ1v) is 11.5. The molecule has 0 fully saturated rings. The van der Waals surface area contributed by atoms with Crippen molar-refractivity contribution < 1.29 is 29.1 Å². The van der Waals surface area contributed by atoms with E-state index >= 15 is 0 Å². The van der Waals surface area contributed by atoms with Gasteiger partial charge in [0.2, 0.25) is 0 Å². The van der Waals surface area contributed by atoms with Crippen LogP contribution in [0.4, 0.5) is 5.69 Å². The third-order valence-corrected chi connectivity index (χ3v) is 6.19. The molecule has 0 saturated carbocycles. The number of carbonyl (C=O) groups is 2. The maximum atomic E-state index is 13.2. The number of ketones is 1. The van der Waals surface area contributed by atoms with Crippen LogP contribution >= 0.6 is 0 Å². The van der Waals surface area contributed by atoms with Gasteiger partial charge in [0, 0.05) is 24.6 Å². The minimum atomic E-state index is -1.30. The summed E-state index contributed by atoms with van der Waals surface area (Å²) in [5.74, 6) is -0.122. The number of aliphatic hydroxyl groups excluding tert-OH is 1. The Morgan fingerprint density at radius 1 is 1.20 bits per heavy atom. The van der Waals surface area contributed by atoms with Gasteiger partial charge in [-0.3, -0.25) is 19.7 Å². The maximum absolute atomic E-state index is 13.2. The zero-order chi connectivity index (χ0) is 26.3. The molecule has 0 amide bonds. The number of nitro benzene ring substituents is 1. The zero-order valence-corrected chi connectivity index (χ0v) is 21.3. The summed E-state index contributed by atoms with van der Waals surface area (Å²) < 4.78 is 11.8. The average molecular weight is 484 g/mol. The van der Waals surface area contributed by atoms with Gasteiger partial charge in [-0.25, -0.2) is 0 Å². The number of fused-ring (bicyclic) bond motifs is 1. The SMILES string of the molecule is CC(=O)Oc1cc2c(cc1C(C)(C)CC(C)(C)C)OC(C)(C(O)c1ccc([N+](=O)[O-])cc1)CC2=O. The minimum absolute atomic E-state index is 0.0236. The molecule has 1 aliphatic rings. The summed E-state index contributed by atoms with van der Waals surface area (Å²) >= 11 is 0. The highest BCUT2D eigenvalue weighted by molar-refractivity contribution is 6.01. The van der Waals surface area contributed by atoms with Crippen molar-refractivity contribution in [1.82, 2.24) is 0 Å². The number of Topliss-reactive ketones (excluding diaryl/α,β-unsaturated/α-hetero) is 1. The largest absolute Gasteiger partial charge is 0.483 e. The van der Waals surface area contributed by atoms with Crippen LogP contribution < -0.4 is 9.47 Å². The molecule has 0 saturated heterocycles. The number of nitrogens with zero attached hydrogens (tertiary/aromatic N) is 1. The molecule has 0 bridgehead atoms. The highest BCUT2D eigenvalue weighted by Gasteiger charge is 2.44. The topological polar surface area (TPSA) is 116 Å². The molecule has 188 valence electrons. The van der Waals surface area contributed by atoms with Crippen LogP contribution in [-0.4, -0.2) is 27.4 Å². The van der Waals surface area contributed by atoms with E-state index < -0.39 is 28.0 Å². The molecule has 0 radical (unpaired) electrons. The number of benzene rings is 2. The number of hydrogen-bond acceptors (Lipinski definition) is 7. The van der Waals surface area contributed by atoms with Crippen molar-refractivity contribution in [3.8, 4) is 11.5 Å². The van der Waals surface area contributed by atoms with E-state index in [0.717, 1.165) is 12.0 Å².